The monoisotopic (exact) mass is 379 g/mol. The van der Waals surface area contributed by atoms with Crippen molar-refractivity contribution in [2.24, 2.45) is 0 Å². The van der Waals surface area contributed by atoms with E-state index in [1.165, 1.54) is 12.8 Å². The molecule has 0 saturated carbocycles. The van der Waals surface area contributed by atoms with Crippen LogP contribution < -0.4 is 14.4 Å². The molecule has 2 bridgehead atoms. The van der Waals surface area contributed by atoms with E-state index in [1.54, 1.807) is 0 Å². The molecule has 2 saturated heterocycles. The number of piperazine rings is 1. The molecule has 1 aromatic rings. The summed E-state index contributed by atoms with van der Waals surface area (Å²) in [5.74, 6) is 0.662. The second-order valence-corrected chi connectivity index (χ2v) is 7.96. The third-order valence-electron chi connectivity index (χ3n) is 5.25. The molecule has 27 heavy (non-hydrogen) atoms. The highest BCUT2D eigenvalue weighted by atomic mass is 16.5. The van der Waals surface area contributed by atoms with Gasteiger partial charge in [0, 0.05) is 38.3 Å². The molecule has 2 atom stereocenters. The summed E-state index contributed by atoms with van der Waals surface area (Å²) in [5.41, 5.74) is 0. The lowest BCUT2D eigenvalue weighted by Crippen LogP contribution is -2.52. The quantitative estimate of drug-likeness (QED) is 0.591. The number of anilines is 1. The molecule has 152 valence electrons. The van der Waals surface area contributed by atoms with E-state index in [0.29, 0.717) is 43.3 Å². The van der Waals surface area contributed by atoms with E-state index < -0.39 is 0 Å². The fourth-order valence-corrected chi connectivity index (χ4v) is 3.51. The standard InChI is InChI=1S/C18H33N7O2/c1-22(2)8-10-26-17-19-16(20-18(21-17)27-11-9-23(3)4)25-12-14-6-7-15(13-25)24(14)5/h14-15H,6-13H2,1-5H3. The average Bonchev–Trinajstić information content (AvgIpc) is 2.82. The molecule has 0 radical (unpaired) electrons. The Labute approximate surface area is 162 Å². The summed E-state index contributed by atoms with van der Waals surface area (Å²) in [4.78, 5) is 22.4. The largest absolute Gasteiger partial charge is 0.462 e. The second-order valence-electron chi connectivity index (χ2n) is 7.96. The Morgan fingerprint density at radius 2 is 1.33 bits per heavy atom. The molecular weight excluding hydrogens is 346 g/mol. The zero-order valence-corrected chi connectivity index (χ0v) is 17.3. The van der Waals surface area contributed by atoms with Crippen molar-refractivity contribution in [2.45, 2.75) is 24.9 Å². The first-order chi connectivity index (χ1) is 12.9. The van der Waals surface area contributed by atoms with Gasteiger partial charge in [0.15, 0.2) is 0 Å². The van der Waals surface area contributed by atoms with Gasteiger partial charge in [-0.2, -0.15) is 9.97 Å². The Kier molecular flexibility index (Phi) is 6.67. The van der Waals surface area contributed by atoms with Crippen molar-refractivity contribution in [3.63, 3.8) is 0 Å². The number of aromatic nitrogens is 3. The van der Waals surface area contributed by atoms with Gasteiger partial charge in [-0.1, -0.05) is 0 Å². The molecule has 2 fully saturated rings. The van der Waals surface area contributed by atoms with E-state index in [-0.39, 0.29) is 0 Å². The fourth-order valence-electron chi connectivity index (χ4n) is 3.51. The molecule has 3 heterocycles. The Balaban J connectivity index is 1.72. The highest BCUT2D eigenvalue weighted by Crippen LogP contribution is 2.30. The van der Waals surface area contributed by atoms with Crippen LogP contribution in [0.1, 0.15) is 12.8 Å². The zero-order chi connectivity index (χ0) is 19.4. The van der Waals surface area contributed by atoms with Crippen LogP contribution in [0.2, 0.25) is 0 Å². The number of likely N-dealkylation sites (N-methyl/N-ethyl adjacent to an activating group) is 3. The van der Waals surface area contributed by atoms with Crippen LogP contribution in [0, 0.1) is 0 Å². The maximum atomic E-state index is 5.78. The predicted octanol–water partition coefficient (Wildman–Crippen LogP) is 0.0352. The molecule has 2 aliphatic heterocycles. The minimum Gasteiger partial charge on any atom is -0.462 e. The maximum absolute atomic E-state index is 5.78. The van der Waals surface area contributed by atoms with Crippen molar-refractivity contribution >= 4 is 5.95 Å². The zero-order valence-electron chi connectivity index (χ0n) is 17.3. The van der Waals surface area contributed by atoms with Crippen molar-refractivity contribution in [1.82, 2.24) is 29.7 Å². The third kappa shape index (κ3) is 5.40. The van der Waals surface area contributed by atoms with Crippen LogP contribution >= 0.6 is 0 Å². The second kappa shape index (κ2) is 8.99. The lowest BCUT2D eigenvalue weighted by atomic mass is 10.2. The summed E-state index contributed by atoms with van der Waals surface area (Å²) < 4.78 is 11.6. The summed E-state index contributed by atoms with van der Waals surface area (Å²) >= 11 is 0. The third-order valence-corrected chi connectivity index (χ3v) is 5.25. The van der Waals surface area contributed by atoms with Gasteiger partial charge in [-0.25, -0.2) is 0 Å². The Hall–Kier alpha value is -1.71. The van der Waals surface area contributed by atoms with Crippen LogP contribution in [0.5, 0.6) is 12.0 Å². The predicted molar refractivity (Wildman–Crippen MR) is 105 cm³/mol. The molecular formula is C18H33N7O2. The Morgan fingerprint density at radius 1 is 0.852 bits per heavy atom. The molecule has 2 unspecified atom stereocenters. The van der Waals surface area contributed by atoms with Crippen molar-refractivity contribution in [2.75, 3.05) is 79.5 Å². The van der Waals surface area contributed by atoms with Gasteiger partial charge in [0.1, 0.15) is 13.2 Å². The van der Waals surface area contributed by atoms with E-state index in [4.69, 9.17) is 9.47 Å². The molecule has 1 aromatic heterocycles. The minimum absolute atomic E-state index is 0.341. The van der Waals surface area contributed by atoms with Crippen LogP contribution in [0.3, 0.4) is 0 Å². The maximum Gasteiger partial charge on any atom is 0.324 e. The first-order valence-corrected chi connectivity index (χ1v) is 9.70. The van der Waals surface area contributed by atoms with E-state index in [1.807, 2.05) is 28.2 Å². The Bertz CT molecular complexity index is 567. The minimum atomic E-state index is 0.341. The topological polar surface area (TPSA) is 70.1 Å². The van der Waals surface area contributed by atoms with Gasteiger partial charge in [0.25, 0.3) is 0 Å². The van der Waals surface area contributed by atoms with Crippen LogP contribution in [-0.4, -0.2) is 116 Å². The van der Waals surface area contributed by atoms with Crippen molar-refractivity contribution in [3.05, 3.63) is 0 Å². The first kappa shape index (κ1) is 20.0. The number of hydrogen-bond donors (Lipinski definition) is 0. The van der Waals surface area contributed by atoms with Crippen molar-refractivity contribution in [3.8, 4) is 12.0 Å². The van der Waals surface area contributed by atoms with E-state index >= 15 is 0 Å². The summed E-state index contributed by atoms with van der Waals surface area (Å²) in [5, 5.41) is 0. The lowest BCUT2D eigenvalue weighted by Gasteiger charge is -2.38. The smallest absolute Gasteiger partial charge is 0.324 e. The van der Waals surface area contributed by atoms with Crippen LogP contribution in [0.25, 0.3) is 0 Å². The molecule has 0 spiro atoms. The molecule has 9 heteroatoms. The summed E-state index contributed by atoms with van der Waals surface area (Å²) in [6, 6.07) is 1.81. The van der Waals surface area contributed by atoms with Gasteiger partial charge >= 0.3 is 12.0 Å². The van der Waals surface area contributed by atoms with E-state index in [0.717, 1.165) is 26.2 Å². The number of nitrogens with zero attached hydrogens (tertiary/aromatic N) is 7. The van der Waals surface area contributed by atoms with Gasteiger partial charge in [-0.05, 0) is 48.1 Å². The molecule has 0 aliphatic carbocycles. The van der Waals surface area contributed by atoms with Gasteiger partial charge in [0.2, 0.25) is 5.95 Å². The Morgan fingerprint density at radius 3 is 1.78 bits per heavy atom. The molecule has 2 aliphatic rings. The number of fused-ring (bicyclic) bond motifs is 2. The van der Waals surface area contributed by atoms with Gasteiger partial charge < -0.3 is 24.2 Å². The van der Waals surface area contributed by atoms with Gasteiger partial charge in [0.05, 0.1) is 0 Å². The first-order valence-electron chi connectivity index (χ1n) is 9.70. The molecule has 3 rings (SSSR count). The summed E-state index contributed by atoms with van der Waals surface area (Å²) in [6.07, 6.45) is 2.47. The fraction of sp³-hybridized carbons (Fsp3) is 0.833. The van der Waals surface area contributed by atoms with Gasteiger partial charge in [-0.15, -0.1) is 4.98 Å². The summed E-state index contributed by atoms with van der Waals surface area (Å²) in [7, 11) is 10.3. The SMILES string of the molecule is CN(C)CCOc1nc(OCCN(C)C)nc(N2CC3CCC(C2)N3C)n1. The van der Waals surface area contributed by atoms with Gasteiger partial charge in [-0.3, -0.25) is 4.90 Å². The average molecular weight is 380 g/mol. The molecule has 0 aromatic carbocycles. The number of hydrogen-bond acceptors (Lipinski definition) is 9. The highest BCUT2D eigenvalue weighted by molar-refractivity contribution is 5.35. The van der Waals surface area contributed by atoms with Crippen molar-refractivity contribution in [1.29, 1.82) is 0 Å². The highest BCUT2D eigenvalue weighted by Gasteiger charge is 2.38. The van der Waals surface area contributed by atoms with E-state index in [2.05, 4.69) is 41.6 Å². The molecule has 9 nitrogen and oxygen atoms in total. The number of rotatable bonds is 9. The van der Waals surface area contributed by atoms with E-state index in [9.17, 15) is 0 Å². The van der Waals surface area contributed by atoms with Crippen LogP contribution in [0.4, 0.5) is 5.95 Å². The van der Waals surface area contributed by atoms with Crippen LogP contribution in [0.15, 0.2) is 0 Å². The van der Waals surface area contributed by atoms with Crippen LogP contribution in [-0.2, 0) is 0 Å². The summed E-state index contributed by atoms with van der Waals surface area (Å²) in [6.45, 7) is 4.53. The number of ether oxygens (including phenoxy) is 2. The lowest BCUT2D eigenvalue weighted by molar-refractivity contribution is 0.207. The normalized spacial score (nSPS) is 22.7. The van der Waals surface area contributed by atoms with Crippen molar-refractivity contribution < 1.29 is 9.47 Å². The molecule has 0 N–H and O–H groups in total. The molecule has 0 amide bonds.